The molecule has 0 aliphatic carbocycles. The summed E-state index contributed by atoms with van der Waals surface area (Å²) in [6.45, 7) is 0.256. The number of pyridine rings is 1. The van der Waals surface area contributed by atoms with Gasteiger partial charge in [0.2, 0.25) is 17.7 Å². The Hall–Kier alpha value is -3.81. The molecule has 1 aliphatic rings. The lowest BCUT2D eigenvalue weighted by molar-refractivity contribution is -0.143. The minimum absolute atomic E-state index is 0.0407. The molecule has 164 valence electrons. The number of benzene rings is 1. The molecule has 4 rings (SSSR count). The summed E-state index contributed by atoms with van der Waals surface area (Å²) in [5, 5.41) is 0. The Kier molecular flexibility index (Phi) is 5.85. The molecule has 2 aromatic heterocycles. The van der Waals surface area contributed by atoms with Crippen LogP contribution in [0.25, 0.3) is 0 Å². The Bertz CT molecular complexity index is 1130. The maximum atomic E-state index is 14.1. The van der Waals surface area contributed by atoms with Gasteiger partial charge in [-0.25, -0.2) is 4.39 Å². The molecule has 3 amide bonds. The average molecular weight is 435 g/mol. The van der Waals surface area contributed by atoms with Crippen LogP contribution in [-0.2, 0) is 32.9 Å². The monoisotopic (exact) mass is 435 g/mol. The molecule has 3 heterocycles. The zero-order valence-electron chi connectivity index (χ0n) is 17.5. The van der Waals surface area contributed by atoms with E-state index in [9.17, 15) is 18.8 Å². The molecule has 32 heavy (non-hydrogen) atoms. The molecule has 1 atom stereocenters. The van der Waals surface area contributed by atoms with Gasteiger partial charge in [-0.3, -0.25) is 24.3 Å². The number of amides is 3. The number of carbonyl (C=O) groups is 3. The molecular weight excluding hydrogens is 413 g/mol. The van der Waals surface area contributed by atoms with E-state index in [1.54, 1.807) is 49.8 Å². The summed E-state index contributed by atoms with van der Waals surface area (Å²) >= 11 is 0. The van der Waals surface area contributed by atoms with Crippen LogP contribution in [-0.4, -0.2) is 39.6 Å². The number of likely N-dealkylation sites (tertiary alicyclic amines) is 1. The maximum absolute atomic E-state index is 14.1. The molecule has 0 spiro atoms. The highest BCUT2D eigenvalue weighted by atomic mass is 19.1. The van der Waals surface area contributed by atoms with Gasteiger partial charge in [-0.1, -0.05) is 18.2 Å². The number of hydrogen-bond donors (Lipinski definition) is 0. The highest BCUT2D eigenvalue weighted by molar-refractivity contribution is 6.10. The second kappa shape index (κ2) is 8.74. The van der Waals surface area contributed by atoms with Crippen LogP contribution in [0.5, 0.6) is 0 Å². The fraction of sp³-hybridized carbons (Fsp3) is 0.250. The topological polar surface area (TPSA) is 83.7 Å². The van der Waals surface area contributed by atoms with Crippen molar-refractivity contribution in [2.45, 2.75) is 31.3 Å². The summed E-state index contributed by atoms with van der Waals surface area (Å²) in [7, 11) is 1.60. The van der Waals surface area contributed by atoms with Gasteiger partial charge in [0.1, 0.15) is 11.6 Å². The number of halogens is 1. The van der Waals surface area contributed by atoms with Crippen LogP contribution >= 0.6 is 0 Å². The fourth-order valence-corrected chi connectivity index (χ4v) is 4.00. The Morgan fingerprint density at radius 3 is 2.75 bits per heavy atom. The van der Waals surface area contributed by atoms with Crippen LogP contribution in [0.3, 0.4) is 0 Å². The van der Waals surface area contributed by atoms with Gasteiger partial charge < -0.3 is 9.32 Å². The molecule has 3 aromatic rings. The third-order valence-corrected chi connectivity index (χ3v) is 5.70. The second-order valence-corrected chi connectivity index (χ2v) is 7.92. The molecule has 1 aromatic carbocycles. The van der Waals surface area contributed by atoms with Crippen molar-refractivity contribution < 1.29 is 23.2 Å². The first-order valence-electron chi connectivity index (χ1n) is 10.2. The van der Waals surface area contributed by atoms with E-state index in [-0.39, 0.29) is 31.8 Å². The Morgan fingerprint density at radius 1 is 1.22 bits per heavy atom. The SMILES string of the molecule is CN(Cc1ccco1)C(=O)CC1(c2cccc(F)c2)CC(=O)N(Cc2cccnc2)C1=O. The molecule has 0 N–H and O–H groups in total. The number of nitrogens with zero attached hydrogens (tertiary/aromatic N) is 3. The van der Waals surface area contributed by atoms with E-state index >= 15 is 0 Å². The molecule has 0 radical (unpaired) electrons. The number of rotatable bonds is 7. The molecule has 1 saturated heterocycles. The van der Waals surface area contributed by atoms with Crippen LogP contribution in [0, 0.1) is 5.82 Å². The molecule has 7 nitrogen and oxygen atoms in total. The zero-order valence-corrected chi connectivity index (χ0v) is 17.5. The Morgan fingerprint density at radius 2 is 2.06 bits per heavy atom. The van der Waals surface area contributed by atoms with E-state index in [0.29, 0.717) is 16.9 Å². The van der Waals surface area contributed by atoms with Crippen LogP contribution < -0.4 is 0 Å². The van der Waals surface area contributed by atoms with Gasteiger partial charge in [0, 0.05) is 32.3 Å². The van der Waals surface area contributed by atoms with Crippen molar-refractivity contribution >= 4 is 17.7 Å². The lowest BCUT2D eigenvalue weighted by Gasteiger charge is -2.29. The largest absolute Gasteiger partial charge is 0.467 e. The summed E-state index contributed by atoms with van der Waals surface area (Å²) in [5.41, 5.74) is -0.481. The highest BCUT2D eigenvalue weighted by Gasteiger charge is 2.54. The first-order valence-corrected chi connectivity index (χ1v) is 10.2. The first kappa shape index (κ1) is 21.4. The summed E-state index contributed by atoms with van der Waals surface area (Å²) < 4.78 is 19.4. The summed E-state index contributed by atoms with van der Waals surface area (Å²) in [6.07, 6.45) is 4.21. The number of carbonyl (C=O) groups excluding carboxylic acids is 3. The summed E-state index contributed by atoms with van der Waals surface area (Å²) in [6, 6.07) is 12.5. The normalized spacial score (nSPS) is 18.2. The number of imide groups is 1. The maximum Gasteiger partial charge on any atom is 0.241 e. The van der Waals surface area contributed by atoms with Gasteiger partial charge in [-0.15, -0.1) is 0 Å². The molecule has 1 unspecified atom stereocenters. The predicted molar refractivity (Wildman–Crippen MR) is 112 cm³/mol. The Labute approximate surface area is 184 Å². The lowest BCUT2D eigenvalue weighted by Crippen LogP contribution is -2.42. The number of furan rings is 1. The van der Waals surface area contributed by atoms with Gasteiger partial charge in [0.25, 0.3) is 0 Å². The molecule has 0 bridgehead atoms. The van der Waals surface area contributed by atoms with Crippen molar-refractivity contribution in [3.8, 4) is 0 Å². The summed E-state index contributed by atoms with van der Waals surface area (Å²) in [4.78, 5) is 46.2. The van der Waals surface area contributed by atoms with Crippen molar-refractivity contribution in [3.63, 3.8) is 0 Å². The standard InChI is InChI=1S/C24H22FN3O4/c1-27(16-20-8-4-10-32-20)21(29)12-24(18-6-2-7-19(25)11-18)13-22(30)28(23(24)31)15-17-5-3-9-26-14-17/h2-11,14H,12-13,15-16H2,1H3. The van der Waals surface area contributed by atoms with E-state index < -0.39 is 23.0 Å². The smallest absolute Gasteiger partial charge is 0.241 e. The first-order chi connectivity index (χ1) is 15.4. The van der Waals surface area contributed by atoms with Gasteiger partial charge in [-0.2, -0.15) is 0 Å². The van der Waals surface area contributed by atoms with Crippen LogP contribution in [0.1, 0.15) is 29.7 Å². The van der Waals surface area contributed by atoms with Crippen molar-refractivity contribution in [2.24, 2.45) is 0 Å². The van der Waals surface area contributed by atoms with E-state index in [2.05, 4.69) is 4.98 Å². The predicted octanol–water partition coefficient (Wildman–Crippen LogP) is 3.06. The van der Waals surface area contributed by atoms with Crippen LogP contribution in [0.2, 0.25) is 0 Å². The van der Waals surface area contributed by atoms with Gasteiger partial charge in [0.05, 0.1) is 24.8 Å². The summed E-state index contributed by atoms with van der Waals surface area (Å²) in [5.74, 6) is -1.23. The second-order valence-electron chi connectivity index (χ2n) is 7.92. The van der Waals surface area contributed by atoms with E-state index in [1.807, 2.05) is 0 Å². The van der Waals surface area contributed by atoms with E-state index in [1.165, 1.54) is 29.4 Å². The lowest BCUT2D eigenvalue weighted by atomic mass is 9.75. The molecule has 0 saturated carbocycles. The number of aromatic nitrogens is 1. The van der Waals surface area contributed by atoms with E-state index in [0.717, 1.165) is 4.90 Å². The van der Waals surface area contributed by atoms with E-state index in [4.69, 9.17) is 4.42 Å². The fourth-order valence-electron chi connectivity index (χ4n) is 4.00. The molecule has 1 fully saturated rings. The zero-order chi connectivity index (χ0) is 22.7. The van der Waals surface area contributed by atoms with Crippen LogP contribution in [0.15, 0.2) is 71.6 Å². The van der Waals surface area contributed by atoms with Gasteiger partial charge >= 0.3 is 0 Å². The van der Waals surface area contributed by atoms with Crippen molar-refractivity contribution in [3.05, 3.63) is 89.9 Å². The molecule has 8 heteroatoms. The van der Waals surface area contributed by atoms with Crippen LogP contribution in [0.4, 0.5) is 4.39 Å². The van der Waals surface area contributed by atoms with Crippen molar-refractivity contribution in [1.82, 2.24) is 14.8 Å². The van der Waals surface area contributed by atoms with Gasteiger partial charge in [0.15, 0.2) is 0 Å². The quantitative estimate of drug-likeness (QED) is 0.533. The van der Waals surface area contributed by atoms with Crippen molar-refractivity contribution in [1.29, 1.82) is 0 Å². The molecule has 1 aliphatic heterocycles. The van der Waals surface area contributed by atoms with Crippen molar-refractivity contribution in [2.75, 3.05) is 7.05 Å². The average Bonchev–Trinajstić information content (AvgIpc) is 3.37. The Balaban J connectivity index is 1.65. The number of hydrogen-bond acceptors (Lipinski definition) is 5. The minimum Gasteiger partial charge on any atom is -0.467 e. The third kappa shape index (κ3) is 4.16. The highest BCUT2D eigenvalue weighted by Crippen LogP contribution is 2.41. The van der Waals surface area contributed by atoms with Gasteiger partial charge in [-0.05, 0) is 41.5 Å². The third-order valence-electron chi connectivity index (χ3n) is 5.70. The minimum atomic E-state index is -1.48. The molecular formula is C24H22FN3O4.